The molecule has 0 radical (unpaired) electrons. The Morgan fingerprint density at radius 1 is 1.03 bits per heavy atom. The van der Waals surface area contributed by atoms with Gasteiger partial charge in [0.25, 0.3) is 0 Å². The molecule has 4 rings (SSSR count). The van der Waals surface area contributed by atoms with E-state index in [1.165, 1.54) is 0 Å². The number of aromatic carboxylic acids is 1. The Morgan fingerprint density at radius 2 is 1.81 bits per heavy atom. The van der Waals surface area contributed by atoms with Crippen LogP contribution in [0, 0.1) is 6.92 Å². The van der Waals surface area contributed by atoms with Crippen LogP contribution in [0.4, 0.5) is 0 Å². The second kappa shape index (κ2) is 9.00. The van der Waals surface area contributed by atoms with E-state index in [9.17, 15) is 9.90 Å². The molecule has 156 valence electrons. The molecule has 1 aromatic heterocycles. The van der Waals surface area contributed by atoms with Gasteiger partial charge in [0.1, 0.15) is 12.4 Å². The van der Waals surface area contributed by atoms with Crippen molar-refractivity contribution < 1.29 is 14.6 Å². The fourth-order valence-corrected chi connectivity index (χ4v) is 4.14. The lowest BCUT2D eigenvalue weighted by Crippen LogP contribution is -2.04. The normalized spacial score (nSPS) is 10.8. The Labute approximate surface area is 193 Å². The zero-order chi connectivity index (χ0) is 22.0. The molecule has 4 nitrogen and oxygen atoms in total. The standard InChI is InChI=1S/C25H19BrClNO3/c1-16-7-9-23(28(16)21-12-18(25(29)30)11-19(26)13-21)22-14-20(27)8-10-24(22)31-15-17-5-3-2-4-6-17/h2-14H,15H2,1H3,(H,29,30). The minimum absolute atomic E-state index is 0.204. The summed E-state index contributed by atoms with van der Waals surface area (Å²) in [5.41, 5.74) is 4.64. The zero-order valence-corrected chi connectivity index (χ0v) is 19.0. The lowest BCUT2D eigenvalue weighted by atomic mass is 10.1. The van der Waals surface area contributed by atoms with Crippen molar-refractivity contribution >= 4 is 33.5 Å². The van der Waals surface area contributed by atoms with Crippen molar-refractivity contribution in [2.75, 3.05) is 0 Å². The van der Waals surface area contributed by atoms with E-state index in [0.29, 0.717) is 21.9 Å². The van der Waals surface area contributed by atoms with Crippen LogP contribution in [0.2, 0.25) is 5.02 Å². The Morgan fingerprint density at radius 3 is 2.55 bits per heavy atom. The fourth-order valence-electron chi connectivity index (χ4n) is 3.48. The van der Waals surface area contributed by atoms with Crippen LogP contribution in [0.3, 0.4) is 0 Å². The van der Waals surface area contributed by atoms with E-state index >= 15 is 0 Å². The monoisotopic (exact) mass is 495 g/mol. The molecule has 0 amide bonds. The average Bonchev–Trinajstić information content (AvgIpc) is 3.14. The summed E-state index contributed by atoms with van der Waals surface area (Å²) in [6.07, 6.45) is 0. The first-order valence-electron chi connectivity index (χ1n) is 9.61. The van der Waals surface area contributed by atoms with E-state index in [0.717, 1.165) is 28.2 Å². The number of halogens is 2. The van der Waals surface area contributed by atoms with Crippen LogP contribution in [0.15, 0.2) is 83.3 Å². The van der Waals surface area contributed by atoms with E-state index in [2.05, 4.69) is 15.9 Å². The lowest BCUT2D eigenvalue weighted by molar-refractivity contribution is 0.0696. The highest BCUT2D eigenvalue weighted by Crippen LogP contribution is 2.36. The maximum Gasteiger partial charge on any atom is 0.335 e. The third-order valence-corrected chi connectivity index (χ3v) is 5.61. The van der Waals surface area contributed by atoms with Crippen LogP contribution in [-0.2, 0) is 6.61 Å². The fraction of sp³-hybridized carbons (Fsp3) is 0.0800. The van der Waals surface area contributed by atoms with Crippen LogP contribution < -0.4 is 4.74 Å². The van der Waals surface area contributed by atoms with Crippen molar-refractivity contribution in [3.05, 3.63) is 105 Å². The first kappa shape index (κ1) is 21.2. The van der Waals surface area contributed by atoms with E-state index in [4.69, 9.17) is 16.3 Å². The van der Waals surface area contributed by atoms with E-state index in [-0.39, 0.29) is 5.56 Å². The molecule has 0 fully saturated rings. The number of hydrogen-bond acceptors (Lipinski definition) is 2. The topological polar surface area (TPSA) is 51.5 Å². The van der Waals surface area contributed by atoms with E-state index in [1.54, 1.807) is 18.2 Å². The highest BCUT2D eigenvalue weighted by Gasteiger charge is 2.17. The minimum Gasteiger partial charge on any atom is -0.488 e. The van der Waals surface area contributed by atoms with Crippen LogP contribution in [-0.4, -0.2) is 15.6 Å². The molecule has 0 unspecified atom stereocenters. The summed E-state index contributed by atoms with van der Waals surface area (Å²) in [7, 11) is 0. The van der Waals surface area contributed by atoms with E-state index < -0.39 is 5.97 Å². The molecule has 1 N–H and O–H groups in total. The van der Waals surface area contributed by atoms with Crippen molar-refractivity contribution in [1.29, 1.82) is 0 Å². The number of benzene rings is 3. The molecule has 3 aromatic carbocycles. The summed E-state index contributed by atoms with van der Waals surface area (Å²) in [4.78, 5) is 11.6. The highest BCUT2D eigenvalue weighted by atomic mass is 79.9. The second-order valence-electron chi connectivity index (χ2n) is 7.11. The third-order valence-electron chi connectivity index (χ3n) is 4.92. The van der Waals surface area contributed by atoms with Crippen LogP contribution in [0.25, 0.3) is 16.9 Å². The molecule has 0 atom stereocenters. The number of nitrogens with zero attached hydrogens (tertiary/aromatic N) is 1. The van der Waals surface area contributed by atoms with Crippen molar-refractivity contribution in [3.8, 4) is 22.7 Å². The van der Waals surface area contributed by atoms with Gasteiger partial charge in [-0.25, -0.2) is 4.79 Å². The van der Waals surface area contributed by atoms with Crippen LogP contribution in [0.5, 0.6) is 5.75 Å². The SMILES string of the molecule is Cc1ccc(-c2cc(Cl)ccc2OCc2ccccc2)n1-c1cc(Br)cc(C(=O)O)c1. The molecule has 0 saturated carbocycles. The van der Waals surface area contributed by atoms with Gasteiger partial charge in [-0.1, -0.05) is 57.9 Å². The predicted octanol–water partition coefficient (Wildman–Crippen LogP) is 7.15. The number of hydrogen-bond donors (Lipinski definition) is 1. The van der Waals surface area contributed by atoms with Gasteiger partial charge in [-0.15, -0.1) is 0 Å². The van der Waals surface area contributed by atoms with Crippen LogP contribution in [0.1, 0.15) is 21.6 Å². The number of carbonyl (C=O) groups is 1. The summed E-state index contributed by atoms with van der Waals surface area (Å²) < 4.78 is 8.83. The molecular weight excluding hydrogens is 478 g/mol. The summed E-state index contributed by atoms with van der Waals surface area (Å²) in [5.74, 6) is -0.287. The molecule has 0 saturated heterocycles. The Bertz CT molecular complexity index is 1250. The predicted molar refractivity (Wildman–Crippen MR) is 126 cm³/mol. The van der Waals surface area contributed by atoms with Gasteiger partial charge in [0.2, 0.25) is 0 Å². The lowest BCUT2D eigenvalue weighted by Gasteiger charge is -2.17. The molecule has 4 aromatic rings. The third kappa shape index (κ3) is 4.68. The van der Waals surface area contributed by atoms with Gasteiger partial charge < -0.3 is 14.4 Å². The van der Waals surface area contributed by atoms with Gasteiger partial charge in [0.15, 0.2) is 0 Å². The van der Waals surface area contributed by atoms with Gasteiger partial charge in [0, 0.05) is 26.4 Å². The number of aryl methyl sites for hydroxylation is 1. The van der Waals surface area contributed by atoms with Crippen molar-refractivity contribution in [3.63, 3.8) is 0 Å². The molecular formula is C25H19BrClNO3. The molecule has 0 bridgehead atoms. The molecule has 0 spiro atoms. The van der Waals surface area contributed by atoms with Gasteiger partial charge in [-0.2, -0.15) is 0 Å². The largest absolute Gasteiger partial charge is 0.488 e. The highest BCUT2D eigenvalue weighted by molar-refractivity contribution is 9.10. The Balaban J connectivity index is 1.80. The quantitative estimate of drug-likeness (QED) is 0.308. The van der Waals surface area contributed by atoms with Crippen LogP contribution >= 0.6 is 27.5 Å². The molecule has 0 aliphatic heterocycles. The molecule has 31 heavy (non-hydrogen) atoms. The smallest absolute Gasteiger partial charge is 0.335 e. The summed E-state index contributed by atoms with van der Waals surface area (Å²) in [6, 6.07) is 24.6. The van der Waals surface area contributed by atoms with Crippen molar-refractivity contribution in [1.82, 2.24) is 4.57 Å². The van der Waals surface area contributed by atoms with Gasteiger partial charge >= 0.3 is 5.97 Å². The maximum absolute atomic E-state index is 11.6. The first-order chi connectivity index (χ1) is 14.9. The number of carboxylic acid groups (broad SMARTS) is 1. The summed E-state index contributed by atoms with van der Waals surface area (Å²) in [6.45, 7) is 2.40. The molecule has 6 heteroatoms. The van der Waals surface area contributed by atoms with E-state index in [1.807, 2.05) is 72.2 Å². The first-order valence-corrected chi connectivity index (χ1v) is 10.8. The summed E-state index contributed by atoms with van der Waals surface area (Å²) >= 11 is 9.76. The molecule has 1 heterocycles. The number of carboxylic acids is 1. The molecule has 0 aliphatic carbocycles. The number of rotatable bonds is 6. The molecule has 0 aliphatic rings. The van der Waals surface area contributed by atoms with Gasteiger partial charge in [-0.05, 0) is 61.0 Å². The summed E-state index contributed by atoms with van der Waals surface area (Å²) in [5, 5.41) is 10.1. The second-order valence-corrected chi connectivity index (χ2v) is 8.47. The van der Waals surface area contributed by atoms with Crippen molar-refractivity contribution in [2.24, 2.45) is 0 Å². The number of aromatic nitrogens is 1. The zero-order valence-electron chi connectivity index (χ0n) is 16.7. The van der Waals surface area contributed by atoms with Gasteiger partial charge in [-0.3, -0.25) is 0 Å². The minimum atomic E-state index is -0.983. The average molecular weight is 497 g/mol. The Hall–Kier alpha value is -3.02. The van der Waals surface area contributed by atoms with Gasteiger partial charge in [0.05, 0.1) is 11.3 Å². The van der Waals surface area contributed by atoms with Crippen molar-refractivity contribution in [2.45, 2.75) is 13.5 Å². The Kier molecular flexibility index (Phi) is 6.16. The number of ether oxygens (including phenoxy) is 1. The maximum atomic E-state index is 11.6.